The van der Waals surface area contributed by atoms with Crippen LogP contribution in [0.5, 0.6) is 11.5 Å². The molecule has 0 fully saturated rings. The summed E-state index contributed by atoms with van der Waals surface area (Å²) in [5.74, 6) is -0.745. The second-order valence-electron chi connectivity index (χ2n) is 3.26. The van der Waals surface area contributed by atoms with Gasteiger partial charge in [-0.15, -0.1) is 0 Å². The van der Waals surface area contributed by atoms with Crippen LogP contribution in [0.1, 0.15) is 12.5 Å². The number of halogens is 1. The number of hydrogen-bond acceptors (Lipinski definition) is 4. The third kappa shape index (κ3) is 3.88. The van der Waals surface area contributed by atoms with Crippen molar-refractivity contribution in [3.8, 4) is 11.5 Å². The van der Waals surface area contributed by atoms with Crippen molar-refractivity contribution in [2.75, 3.05) is 7.11 Å². The van der Waals surface area contributed by atoms with Crippen molar-refractivity contribution in [2.45, 2.75) is 13.3 Å². The van der Waals surface area contributed by atoms with Gasteiger partial charge in [0.2, 0.25) is 0 Å². The third-order valence-corrected chi connectivity index (χ3v) is 2.93. The predicted octanol–water partition coefficient (Wildman–Crippen LogP) is 1.85. The van der Waals surface area contributed by atoms with Crippen LogP contribution >= 0.6 is 22.6 Å². The fourth-order valence-corrected chi connectivity index (χ4v) is 1.90. The SMILES string of the molecule is COc1cc(CC(=O)O)c(I)cc1OC(C)=O. The van der Waals surface area contributed by atoms with E-state index in [-0.39, 0.29) is 6.42 Å². The minimum absolute atomic E-state index is 0.102. The summed E-state index contributed by atoms with van der Waals surface area (Å²) in [5.41, 5.74) is 0.617. The number of hydrogen-bond donors (Lipinski definition) is 1. The molecule has 0 aliphatic rings. The van der Waals surface area contributed by atoms with Crippen LogP contribution in [0.2, 0.25) is 0 Å². The van der Waals surface area contributed by atoms with Gasteiger partial charge in [-0.05, 0) is 40.3 Å². The number of carboxylic acids is 1. The first-order valence-corrected chi connectivity index (χ1v) is 5.78. The summed E-state index contributed by atoms with van der Waals surface area (Å²) in [6.07, 6.45) is -0.102. The molecule has 0 unspecified atom stereocenters. The average molecular weight is 350 g/mol. The van der Waals surface area contributed by atoms with Gasteiger partial charge < -0.3 is 14.6 Å². The summed E-state index contributed by atoms with van der Waals surface area (Å²) in [6.45, 7) is 1.29. The molecule has 0 spiro atoms. The average Bonchev–Trinajstić information content (AvgIpc) is 2.20. The van der Waals surface area contributed by atoms with Crippen molar-refractivity contribution < 1.29 is 24.2 Å². The maximum absolute atomic E-state index is 10.9. The minimum Gasteiger partial charge on any atom is -0.493 e. The Hall–Kier alpha value is -1.31. The van der Waals surface area contributed by atoms with Crippen LogP contribution in [0.15, 0.2) is 12.1 Å². The van der Waals surface area contributed by atoms with Gasteiger partial charge in [-0.2, -0.15) is 0 Å². The number of methoxy groups -OCH3 is 1. The number of ether oxygens (including phenoxy) is 2. The molecule has 0 aliphatic heterocycles. The van der Waals surface area contributed by atoms with Crippen molar-refractivity contribution >= 4 is 34.5 Å². The van der Waals surface area contributed by atoms with Gasteiger partial charge in [-0.3, -0.25) is 9.59 Å². The molecule has 17 heavy (non-hydrogen) atoms. The molecule has 0 atom stereocenters. The molecule has 1 rings (SSSR count). The van der Waals surface area contributed by atoms with E-state index in [1.165, 1.54) is 14.0 Å². The van der Waals surface area contributed by atoms with E-state index in [0.29, 0.717) is 20.6 Å². The number of carbonyl (C=O) groups is 2. The monoisotopic (exact) mass is 350 g/mol. The van der Waals surface area contributed by atoms with Gasteiger partial charge in [-0.25, -0.2) is 0 Å². The molecule has 0 aliphatic carbocycles. The van der Waals surface area contributed by atoms with Gasteiger partial charge >= 0.3 is 11.9 Å². The van der Waals surface area contributed by atoms with Crippen molar-refractivity contribution in [3.05, 3.63) is 21.3 Å². The second kappa shape index (κ2) is 5.85. The molecule has 5 nitrogen and oxygen atoms in total. The van der Waals surface area contributed by atoms with E-state index < -0.39 is 11.9 Å². The quantitative estimate of drug-likeness (QED) is 0.510. The van der Waals surface area contributed by atoms with E-state index >= 15 is 0 Å². The fraction of sp³-hybridized carbons (Fsp3) is 0.273. The molecular formula is C11H11IO5. The lowest BCUT2D eigenvalue weighted by molar-refractivity contribution is -0.136. The van der Waals surface area contributed by atoms with Crippen LogP contribution in [0.25, 0.3) is 0 Å². The molecule has 1 aromatic rings. The molecule has 0 radical (unpaired) electrons. The summed E-state index contributed by atoms with van der Waals surface area (Å²) < 4.78 is 10.7. The van der Waals surface area contributed by atoms with Crippen molar-refractivity contribution in [1.82, 2.24) is 0 Å². The van der Waals surface area contributed by atoms with E-state index in [1.54, 1.807) is 12.1 Å². The first-order valence-electron chi connectivity index (χ1n) is 4.70. The zero-order chi connectivity index (χ0) is 13.0. The zero-order valence-corrected chi connectivity index (χ0v) is 11.5. The molecule has 92 valence electrons. The number of aliphatic carboxylic acids is 1. The highest BCUT2D eigenvalue weighted by Crippen LogP contribution is 2.32. The predicted molar refractivity (Wildman–Crippen MR) is 68.4 cm³/mol. The normalized spacial score (nSPS) is 9.82. The standard InChI is InChI=1S/C11H11IO5/c1-6(13)17-10-5-8(12)7(4-11(14)15)3-9(10)16-2/h3,5H,4H2,1-2H3,(H,14,15). The Balaban J connectivity index is 3.14. The molecule has 0 amide bonds. The van der Waals surface area contributed by atoms with Gasteiger partial charge in [0.25, 0.3) is 0 Å². The van der Waals surface area contributed by atoms with E-state index in [1.807, 2.05) is 22.6 Å². The van der Waals surface area contributed by atoms with Crippen LogP contribution < -0.4 is 9.47 Å². The Kier molecular flexibility index (Phi) is 4.73. The van der Waals surface area contributed by atoms with Crippen LogP contribution in [-0.4, -0.2) is 24.2 Å². The molecule has 1 N–H and O–H groups in total. The summed E-state index contributed by atoms with van der Waals surface area (Å²) in [6, 6.07) is 3.15. The zero-order valence-electron chi connectivity index (χ0n) is 9.32. The van der Waals surface area contributed by atoms with Gasteiger partial charge in [0.1, 0.15) is 0 Å². The van der Waals surface area contributed by atoms with Crippen molar-refractivity contribution in [1.29, 1.82) is 0 Å². The smallest absolute Gasteiger partial charge is 0.308 e. The lowest BCUT2D eigenvalue weighted by atomic mass is 10.1. The number of carboxylic acid groups (broad SMARTS) is 1. The molecule has 6 heteroatoms. The lowest BCUT2D eigenvalue weighted by Gasteiger charge is -2.11. The van der Waals surface area contributed by atoms with Crippen LogP contribution in [0.4, 0.5) is 0 Å². The first kappa shape index (κ1) is 13.8. The second-order valence-corrected chi connectivity index (χ2v) is 4.42. The van der Waals surface area contributed by atoms with Gasteiger partial charge in [0.15, 0.2) is 11.5 Å². The Labute approximate surface area is 112 Å². The fourth-order valence-electron chi connectivity index (χ4n) is 1.27. The summed E-state index contributed by atoms with van der Waals surface area (Å²) >= 11 is 1.99. The minimum atomic E-state index is -0.926. The van der Waals surface area contributed by atoms with Crippen LogP contribution in [-0.2, 0) is 16.0 Å². The Morgan fingerprint density at radius 1 is 1.35 bits per heavy atom. The highest BCUT2D eigenvalue weighted by atomic mass is 127. The highest BCUT2D eigenvalue weighted by molar-refractivity contribution is 14.1. The summed E-state index contributed by atoms with van der Waals surface area (Å²) in [4.78, 5) is 21.5. The van der Waals surface area contributed by atoms with Crippen molar-refractivity contribution in [3.63, 3.8) is 0 Å². The Morgan fingerprint density at radius 3 is 2.47 bits per heavy atom. The largest absolute Gasteiger partial charge is 0.493 e. The van der Waals surface area contributed by atoms with E-state index in [9.17, 15) is 9.59 Å². The van der Waals surface area contributed by atoms with Crippen LogP contribution in [0.3, 0.4) is 0 Å². The van der Waals surface area contributed by atoms with Gasteiger partial charge in [0, 0.05) is 10.5 Å². The number of benzene rings is 1. The van der Waals surface area contributed by atoms with E-state index in [4.69, 9.17) is 14.6 Å². The highest BCUT2D eigenvalue weighted by Gasteiger charge is 2.13. The van der Waals surface area contributed by atoms with E-state index in [0.717, 1.165) is 0 Å². The lowest BCUT2D eigenvalue weighted by Crippen LogP contribution is -2.06. The number of rotatable bonds is 4. The molecular weight excluding hydrogens is 339 g/mol. The molecule has 1 aromatic carbocycles. The van der Waals surface area contributed by atoms with E-state index in [2.05, 4.69) is 0 Å². The summed E-state index contributed by atoms with van der Waals surface area (Å²) in [7, 11) is 1.43. The maximum atomic E-state index is 10.9. The Bertz CT molecular complexity index is 455. The van der Waals surface area contributed by atoms with Gasteiger partial charge in [0.05, 0.1) is 13.5 Å². The summed E-state index contributed by atoms with van der Waals surface area (Å²) in [5, 5.41) is 8.74. The Morgan fingerprint density at radius 2 is 2.00 bits per heavy atom. The maximum Gasteiger partial charge on any atom is 0.308 e. The third-order valence-electron chi connectivity index (χ3n) is 1.93. The topological polar surface area (TPSA) is 72.8 Å². The first-order chi connectivity index (χ1) is 7.93. The van der Waals surface area contributed by atoms with Gasteiger partial charge in [-0.1, -0.05) is 0 Å². The van der Waals surface area contributed by atoms with Crippen LogP contribution in [0, 0.1) is 3.57 Å². The molecule has 0 saturated heterocycles. The molecule has 0 aromatic heterocycles. The molecule has 0 heterocycles. The molecule has 0 saturated carbocycles. The number of esters is 1. The van der Waals surface area contributed by atoms with Crippen molar-refractivity contribution in [2.24, 2.45) is 0 Å². The number of carbonyl (C=O) groups excluding carboxylic acids is 1. The molecule has 0 bridgehead atoms.